The van der Waals surface area contributed by atoms with Gasteiger partial charge in [0.05, 0.1) is 0 Å². The second-order valence-corrected chi connectivity index (χ2v) is 5.41. The lowest BCUT2D eigenvalue weighted by molar-refractivity contribution is 0.198. The van der Waals surface area contributed by atoms with Crippen LogP contribution in [0.25, 0.3) is 0 Å². The Balaban J connectivity index is 1.81. The first kappa shape index (κ1) is 11.4. The van der Waals surface area contributed by atoms with Gasteiger partial charge in [-0.15, -0.1) is 0 Å². The summed E-state index contributed by atoms with van der Waals surface area (Å²) >= 11 is 0. The van der Waals surface area contributed by atoms with Crippen molar-refractivity contribution in [3.05, 3.63) is 0 Å². The van der Waals surface area contributed by atoms with Gasteiger partial charge in [0.25, 0.3) is 0 Å². The third kappa shape index (κ3) is 2.94. The molecule has 0 radical (unpaired) electrons. The molecule has 0 amide bonds. The first-order chi connectivity index (χ1) is 7.35. The Hall–Kier alpha value is -0.0800. The summed E-state index contributed by atoms with van der Waals surface area (Å²) in [5.41, 5.74) is 5.85. The fraction of sp³-hybridized carbons (Fsp3) is 1.00. The molecule has 2 aliphatic carbocycles. The maximum absolute atomic E-state index is 5.85. The van der Waals surface area contributed by atoms with Crippen molar-refractivity contribution in [1.29, 1.82) is 0 Å². The first-order valence-electron chi connectivity index (χ1n) is 6.79. The molecule has 2 saturated carbocycles. The van der Waals surface area contributed by atoms with Gasteiger partial charge in [-0.2, -0.15) is 0 Å². The van der Waals surface area contributed by atoms with Crippen molar-refractivity contribution < 1.29 is 0 Å². The molecule has 2 fully saturated rings. The Morgan fingerprint density at radius 1 is 1.13 bits per heavy atom. The molecule has 0 saturated heterocycles. The number of nitrogens with two attached hydrogens (primary N) is 1. The molecule has 88 valence electrons. The van der Waals surface area contributed by atoms with E-state index in [1.807, 2.05) is 0 Å². The van der Waals surface area contributed by atoms with E-state index in [0.717, 1.165) is 24.4 Å². The Kier molecular flexibility index (Phi) is 4.04. The molecular weight excluding hydrogens is 184 g/mol. The molecule has 2 nitrogen and oxygen atoms in total. The van der Waals surface area contributed by atoms with Crippen molar-refractivity contribution in [2.45, 2.75) is 51.5 Å². The molecule has 2 heteroatoms. The normalized spacial score (nSPS) is 31.4. The molecule has 0 spiro atoms. The summed E-state index contributed by atoms with van der Waals surface area (Å²) in [6.07, 6.45) is 8.41. The van der Waals surface area contributed by atoms with Crippen LogP contribution in [-0.4, -0.2) is 30.6 Å². The monoisotopic (exact) mass is 210 g/mol. The molecule has 2 N–H and O–H groups in total. The van der Waals surface area contributed by atoms with Gasteiger partial charge in [-0.05, 0) is 57.0 Å². The van der Waals surface area contributed by atoms with E-state index in [1.54, 1.807) is 0 Å². The van der Waals surface area contributed by atoms with Gasteiger partial charge in [-0.3, -0.25) is 0 Å². The van der Waals surface area contributed by atoms with Gasteiger partial charge in [0.1, 0.15) is 0 Å². The SMILES string of the molecule is CCCN(CC1CCCC1CN)C1CC1. The van der Waals surface area contributed by atoms with Crippen molar-refractivity contribution in [2.24, 2.45) is 17.6 Å². The molecule has 2 unspecified atom stereocenters. The molecule has 0 bridgehead atoms. The largest absolute Gasteiger partial charge is 0.330 e. The highest BCUT2D eigenvalue weighted by molar-refractivity contribution is 4.88. The van der Waals surface area contributed by atoms with Crippen LogP contribution in [0, 0.1) is 11.8 Å². The van der Waals surface area contributed by atoms with Gasteiger partial charge in [0.2, 0.25) is 0 Å². The van der Waals surface area contributed by atoms with Crippen LogP contribution in [0.1, 0.15) is 45.4 Å². The van der Waals surface area contributed by atoms with Crippen LogP contribution in [0.15, 0.2) is 0 Å². The lowest BCUT2D eigenvalue weighted by Gasteiger charge is -2.27. The van der Waals surface area contributed by atoms with Crippen LogP contribution in [0.3, 0.4) is 0 Å². The number of rotatable bonds is 6. The van der Waals surface area contributed by atoms with Crippen LogP contribution in [0.4, 0.5) is 0 Å². The zero-order chi connectivity index (χ0) is 10.7. The highest BCUT2D eigenvalue weighted by atomic mass is 15.2. The van der Waals surface area contributed by atoms with Crippen molar-refractivity contribution in [3.63, 3.8) is 0 Å². The van der Waals surface area contributed by atoms with Gasteiger partial charge < -0.3 is 10.6 Å². The lowest BCUT2D eigenvalue weighted by Crippen LogP contribution is -2.35. The number of hydrogen-bond acceptors (Lipinski definition) is 2. The molecule has 0 aromatic rings. The van der Waals surface area contributed by atoms with Crippen LogP contribution < -0.4 is 5.73 Å². The van der Waals surface area contributed by atoms with E-state index in [9.17, 15) is 0 Å². The molecule has 2 rings (SSSR count). The van der Waals surface area contributed by atoms with E-state index in [1.165, 1.54) is 51.6 Å². The third-order valence-corrected chi connectivity index (χ3v) is 4.16. The predicted molar refractivity (Wildman–Crippen MR) is 64.8 cm³/mol. The topological polar surface area (TPSA) is 29.3 Å². The van der Waals surface area contributed by atoms with Crippen LogP contribution >= 0.6 is 0 Å². The molecule has 0 aromatic heterocycles. The maximum atomic E-state index is 5.85. The minimum absolute atomic E-state index is 0.822. The van der Waals surface area contributed by atoms with Gasteiger partial charge in [0.15, 0.2) is 0 Å². The molecule has 0 aliphatic heterocycles. The summed E-state index contributed by atoms with van der Waals surface area (Å²) in [5, 5.41) is 0. The van der Waals surface area contributed by atoms with E-state index >= 15 is 0 Å². The Morgan fingerprint density at radius 3 is 2.47 bits per heavy atom. The minimum atomic E-state index is 0.822. The molecule has 15 heavy (non-hydrogen) atoms. The summed E-state index contributed by atoms with van der Waals surface area (Å²) in [5.74, 6) is 1.73. The van der Waals surface area contributed by atoms with E-state index in [4.69, 9.17) is 5.73 Å². The summed E-state index contributed by atoms with van der Waals surface area (Å²) in [6, 6.07) is 0.934. The smallest absolute Gasteiger partial charge is 0.00965 e. The first-order valence-corrected chi connectivity index (χ1v) is 6.79. The Morgan fingerprint density at radius 2 is 1.87 bits per heavy atom. The molecule has 2 atom stereocenters. The van der Waals surface area contributed by atoms with Crippen LogP contribution in [0.2, 0.25) is 0 Å². The fourth-order valence-electron chi connectivity index (χ4n) is 3.12. The summed E-state index contributed by atoms with van der Waals surface area (Å²) in [7, 11) is 0. The lowest BCUT2D eigenvalue weighted by atomic mass is 9.95. The van der Waals surface area contributed by atoms with E-state index in [0.29, 0.717) is 0 Å². The van der Waals surface area contributed by atoms with Gasteiger partial charge >= 0.3 is 0 Å². The fourth-order valence-corrected chi connectivity index (χ4v) is 3.12. The van der Waals surface area contributed by atoms with Crippen molar-refractivity contribution >= 4 is 0 Å². The van der Waals surface area contributed by atoms with Gasteiger partial charge in [0, 0.05) is 12.6 Å². The van der Waals surface area contributed by atoms with E-state index in [-0.39, 0.29) is 0 Å². The average Bonchev–Trinajstić information content (AvgIpc) is 2.99. The standard InChI is InChI=1S/C13H26N2/c1-2-8-15(13-6-7-13)10-12-5-3-4-11(12)9-14/h11-13H,2-10,14H2,1H3. The zero-order valence-corrected chi connectivity index (χ0v) is 10.1. The van der Waals surface area contributed by atoms with Gasteiger partial charge in [-0.1, -0.05) is 13.3 Å². The highest BCUT2D eigenvalue weighted by Crippen LogP contribution is 2.35. The van der Waals surface area contributed by atoms with Crippen molar-refractivity contribution in [3.8, 4) is 0 Å². The van der Waals surface area contributed by atoms with E-state index in [2.05, 4.69) is 11.8 Å². The summed E-state index contributed by atoms with van der Waals surface area (Å²) in [6.45, 7) is 5.85. The van der Waals surface area contributed by atoms with Crippen molar-refractivity contribution in [2.75, 3.05) is 19.6 Å². The number of nitrogens with zero attached hydrogens (tertiary/aromatic N) is 1. The quantitative estimate of drug-likeness (QED) is 0.728. The minimum Gasteiger partial charge on any atom is -0.330 e. The van der Waals surface area contributed by atoms with Gasteiger partial charge in [-0.25, -0.2) is 0 Å². The third-order valence-electron chi connectivity index (χ3n) is 4.16. The molecular formula is C13H26N2. The van der Waals surface area contributed by atoms with Crippen molar-refractivity contribution in [1.82, 2.24) is 4.90 Å². The summed E-state index contributed by atoms with van der Waals surface area (Å²) in [4.78, 5) is 2.73. The Bertz CT molecular complexity index is 189. The molecule has 0 aromatic carbocycles. The highest BCUT2D eigenvalue weighted by Gasteiger charge is 2.33. The average molecular weight is 210 g/mol. The predicted octanol–water partition coefficient (Wildman–Crippen LogP) is 2.24. The molecule has 0 heterocycles. The maximum Gasteiger partial charge on any atom is 0.00965 e. The second kappa shape index (κ2) is 5.31. The number of hydrogen-bond donors (Lipinski definition) is 1. The zero-order valence-electron chi connectivity index (χ0n) is 10.1. The Labute approximate surface area is 94.2 Å². The van der Waals surface area contributed by atoms with Crippen LogP contribution in [0.5, 0.6) is 0 Å². The van der Waals surface area contributed by atoms with Crippen LogP contribution in [-0.2, 0) is 0 Å². The molecule has 2 aliphatic rings. The van der Waals surface area contributed by atoms with E-state index < -0.39 is 0 Å². The summed E-state index contributed by atoms with van der Waals surface area (Å²) < 4.78 is 0. The second-order valence-electron chi connectivity index (χ2n) is 5.41.